The normalized spacial score (nSPS) is 11.9. The zero-order valence-electron chi connectivity index (χ0n) is 10.3. The number of nitro groups is 1. The summed E-state index contributed by atoms with van der Waals surface area (Å²) < 4.78 is 0. The third-order valence-electron chi connectivity index (χ3n) is 2.81. The van der Waals surface area contributed by atoms with E-state index in [1.165, 1.54) is 12.1 Å². The molecule has 18 heavy (non-hydrogen) atoms. The lowest BCUT2D eigenvalue weighted by atomic mass is 10.1. The number of nitrogens with zero attached hydrogens (tertiary/aromatic N) is 1. The second-order valence-electron chi connectivity index (χ2n) is 4.08. The van der Waals surface area contributed by atoms with Crippen molar-refractivity contribution in [2.45, 2.75) is 20.3 Å². The smallest absolute Gasteiger partial charge is 0.308 e. The van der Waals surface area contributed by atoms with Gasteiger partial charge in [0.05, 0.1) is 10.8 Å². The molecule has 1 atom stereocenters. The number of aryl methyl sites for hydroxylation is 1. The van der Waals surface area contributed by atoms with Gasteiger partial charge in [-0.05, 0) is 18.9 Å². The van der Waals surface area contributed by atoms with E-state index in [1.54, 1.807) is 13.0 Å². The van der Waals surface area contributed by atoms with Crippen molar-refractivity contribution in [2.75, 3.05) is 11.9 Å². The summed E-state index contributed by atoms with van der Waals surface area (Å²) in [7, 11) is 0. The Bertz CT molecular complexity index is 459. The lowest BCUT2D eigenvalue weighted by molar-refractivity contribution is -0.384. The van der Waals surface area contributed by atoms with E-state index in [9.17, 15) is 14.9 Å². The van der Waals surface area contributed by atoms with Gasteiger partial charge in [0.25, 0.3) is 5.69 Å². The Balaban J connectivity index is 2.80. The molecule has 0 fully saturated rings. The van der Waals surface area contributed by atoms with Crippen molar-refractivity contribution < 1.29 is 14.8 Å². The van der Waals surface area contributed by atoms with E-state index in [4.69, 9.17) is 5.11 Å². The minimum atomic E-state index is -0.868. The van der Waals surface area contributed by atoms with Crippen molar-refractivity contribution in [3.05, 3.63) is 33.9 Å². The second-order valence-corrected chi connectivity index (χ2v) is 4.08. The van der Waals surface area contributed by atoms with Gasteiger partial charge >= 0.3 is 5.97 Å². The van der Waals surface area contributed by atoms with Crippen molar-refractivity contribution in [3.8, 4) is 0 Å². The predicted octanol–water partition coefficient (Wildman–Crippen LogP) is 2.43. The number of hydrogen-bond donors (Lipinski definition) is 2. The number of benzene rings is 1. The number of nitro benzene ring substituents is 1. The van der Waals surface area contributed by atoms with E-state index < -0.39 is 16.8 Å². The fourth-order valence-corrected chi connectivity index (χ4v) is 1.55. The topological polar surface area (TPSA) is 92.5 Å². The van der Waals surface area contributed by atoms with Crippen LogP contribution in [0.2, 0.25) is 0 Å². The van der Waals surface area contributed by atoms with Gasteiger partial charge in [0.2, 0.25) is 0 Å². The molecule has 6 heteroatoms. The van der Waals surface area contributed by atoms with Gasteiger partial charge in [-0.15, -0.1) is 0 Å². The number of rotatable bonds is 6. The Labute approximate surface area is 105 Å². The average molecular weight is 252 g/mol. The van der Waals surface area contributed by atoms with Crippen molar-refractivity contribution in [2.24, 2.45) is 5.92 Å². The summed E-state index contributed by atoms with van der Waals surface area (Å²) >= 11 is 0. The predicted molar refractivity (Wildman–Crippen MR) is 67.7 cm³/mol. The highest BCUT2D eigenvalue weighted by Gasteiger charge is 2.15. The van der Waals surface area contributed by atoms with Crippen molar-refractivity contribution in [1.29, 1.82) is 0 Å². The van der Waals surface area contributed by atoms with Crippen LogP contribution in [0, 0.1) is 23.0 Å². The van der Waals surface area contributed by atoms with Crippen LogP contribution >= 0.6 is 0 Å². The van der Waals surface area contributed by atoms with Crippen LogP contribution in [0.1, 0.15) is 18.9 Å². The lowest BCUT2D eigenvalue weighted by Gasteiger charge is -2.13. The second kappa shape index (κ2) is 6.00. The maximum absolute atomic E-state index is 10.9. The number of nitrogens with one attached hydrogen (secondary N) is 1. The molecule has 1 unspecified atom stereocenters. The van der Waals surface area contributed by atoms with Crippen molar-refractivity contribution >= 4 is 17.3 Å². The first-order chi connectivity index (χ1) is 8.45. The standard InChI is InChI=1S/C12H16N2O4/c1-3-9(12(15)16)7-13-11-6-10(14(17)18)5-4-8(11)2/h4-6,9,13H,3,7H2,1-2H3,(H,15,16). The molecule has 1 rings (SSSR count). The van der Waals surface area contributed by atoms with Crippen LogP contribution in [0.3, 0.4) is 0 Å². The largest absolute Gasteiger partial charge is 0.481 e. The number of carboxylic acid groups (broad SMARTS) is 1. The molecule has 0 heterocycles. The van der Waals surface area contributed by atoms with Gasteiger partial charge in [0.1, 0.15) is 0 Å². The summed E-state index contributed by atoms with van der Waals surface area (Å²) in [5, 5.41) is 22.5. The SMILES string of the molecule is CCC(CNc1cc([N+](=O)[O-])ccc1C)C(=O)O. The Morgan fingerprint density at radius 3 is 2.72 bits per heavy atom. The molecule has 1 aromatic carbocycles. The molecule has 2 N–H and O–H groups in total. The number of carboxylic acids is 1. The maximum Gasteiger partial charge on any atom is 0.308 e. The minimum absolute atomic E-state index is 0.00789. The molecular formula is C12H16N2O4. The highest BCUT2D eigenvalue weighted by Crippen LogP contribution is 2.22. The Morgan fingerprint density at radius 2 is 2.22 bits per heavy atom. The number of anilines is 1. The fraction of sp³-hybridized carbons (Fsp3) is 0.417. The maximum atomic E-state index is 10.9. The van der Waals surface area contributed by atoms with Crippen molar-refractivity contribution in [1.82, 2.24) is 0 Å². The molecule has 0 aliphatic carbocycles. The summed E-state index contributed by atoms with van der Waals surface area (Å²) in [6.07, 6.45) is 0.510. The molecule has 0 amide bonds. The van der Waals surface area contributed by atoms with E-state index in [0.717, 1.165) is 5.56 Å². The highest BCUT2D eigenvalue weighted by atomic mass is 16.6. The highest BCUT2D eigenvalue weighted by molar-refractivity contribution is 5.71. The summed E-state index contributed by atoms with van der Waals surface area (Å²) in [5.41, 5.74) is 1.44. The van der Waals surface area contributed by atoms with E-state index in [-0.39, 0.29) is 12.2 Å². The zero-order chi connectivity index (χ0) is 13.7. The van der Waals surface area contributed by atoms with Crippen LogP contribution in [-0.4, -0.2) is 22.5 Å². The van der Waals surface area contributed by atoms with Crippen LogP contribution in [0.15, 0.2) is 18.2 Å². The van der Waals surface area contributed by atoms with Crippen LogP contribution in [0.5, 0.6) is 0 Å². The molecule has 0 saturated carbocycles. The Morgan fingerprint density at radius 1 is 1.56 bits per heavy atom. The molecule has 0 bridgehead atoms. The first-order valence-corrected chi connectivity index (χ1v) is 5.67. The summed E-state index contributed by atoms with van der Waals surface area (Å²) in [4.78, 5) is 21.0. The molecule has 0 aliphatic heterocycles. The van der Waals surface area contributed by atoms with Crippen molar-refractivity contribution in [3.63, 3.8) is 0 Å². The van der Waals surface area contributed by atoms with Crippen LogP contribution in [-0.2, 0) is 4.79 Å². The molecular weight excluding hydrogens is 236 g/mol. The monoisotopic (exact) mass is 252 g/mol. The summed E-state index contributed by atoms with van der Waals surface area (Å²) in [6.45, 7) is 3.86. The van der Waals surface area contributed by atoms with E-state index in [0.29, 0.717) is 12.1 Å². The first-order valence-electron chi connectivity index (χ1n) is 5.67. The average Bonchev–Trinajstić information content (AvgIpc) is 2.31. The van der Waals surface area contributed by atoms with E-state index >= 15 is 0 Å². The fourth-order valence-electron chi connectivity index (χ4n) is 1.55. The number of carbonyl (C=O) groups is 1. The molecule has 0 spiro atoms. The molecule has 1 aromatic rings. The van der Waals surface area contributed by atoms with E-state index in [1.807, 2.05) is 6.92 Å². The molecule has 98 valence electrons. The third-order valence-corrected chi connectivity index (χ3v) is 2.81. The van der Waals surface area contributed by atoms with E-state index in [2.05, 4.69) is 5.32 Å². The van der Waals surface area contributed by atoms with Gasteiger partial charge in [0, 0.05) is 24.4 Å². The van der Waals surface area contributed by atoms with Gasteiger partial charge in [-0.2, -0.15) is 0 Å². The molecule has 6 nitrogen and oxygen atoms in total. The van der Waals surface area contributed by atoms with Gasteiger partial charge in [0.15, 0.2) is 0 Å². The Hall–Kier alpha value is -2.11. The van der Waals surface area contributed by atoms with Crippen LogP contribution in [0.4, 0.5) is 11.4 Å². The molecule has 0 aromatic heterocycles. The zero-order valence-corrected chi connectivity index (χ0v) is 10.3. The van der Waals surface area contributed by atoms with Gasteiger partial charge in [-0.3, -0.25) is 14.9 Å². The summed E-state index contributed by atoms with van der Waals surface area (Å²) in [6, 6.07) is 4.49. The lowest BCUT2D eigenvalue weighted by Crippen LogP contribution is -2.22. The van der Waals surface area contributed by atoms with Gasteiger partial charge in [-0.1, -0.05) is 13.0 Å². The first kappa shape index (κ1) is 14.0. The van der Waals surface area contributed by atoms with Crippen LogP contribution < -0.4 is 5.32 Å². The van der Waals surface area contributed by atoms with Gasteiger partial charge < -0.3 is 10.4 Å². The molecule has 0 radical (unpaired) electrons. The number of non-ortho nitro benzene ring substituents is 1. The number of hydrogen-bond acceptors (Lipinski definition) is 4. The quantitative estimate of drug-likeness (QED) is 0.599. The molecule has 0 saturated heterocycles. The van der Waals surface area contributed by atoms with Crippen LogP contribution in [0.25, 0.3) is 0 Å². The Kier molecular flexibility index (Phi) is 4.65. The minimum Gasteiger partial charge on any atom is -0.481 e. The summed E-state index contributed by atoms with van der Waals surface area (Å²) in [5.74, 6) is -1.36. The molecule has 0 aliphatic rings. The third kappa shape index (κ3) is 3.44. The number of aliphatic carboxylic acids is 1. The van der Waals surface area contributed by atoms with Gasteiger partial charge in [-0.25, -0.2) is 0 Å².